The summed E-state index contributed by atoms with van der Waals surface area (Å²) in [6, 6.07) is 55.2. The number of likely N-dealkylation sites (tertiary alicyclic amines) is 12. The van der Waals surface area contributed by atoms with Gasteiger partial charge in [0.05, 0.1) is 0 Å². The van der Waals surface area contributed by atoms with Crippen LogP contribution in [-0.4, -0.2) is 297 Å². The Balaban J connectivity index is 0.000000101. The number of amides is 4. The number of aryl methyl sites for hydroxylation is 5. The Morgan fingerprint density at radius 1 is 0.362 bits per heavy atom. The molecule has 19 heteroatoms. The number of hydrogen-bond donors (Lipinski definition) is 3. The summed E-state index contributed by atoms with van der Waals surface area (Å²) < 4.78 is 0. The van der Waals surface area contributed by atoms with Gasteiger partial charge in [0.15, 0.2) is 5.11 Å². The SMILES string of the molecule is C=C(C)N1CC[C@]23CCN(C)[C@H](Cc4ccc(C)cc42)[C@@H]3C1.CNC(=S)N1CC[C@]23CCN(C)[C@H](Cc4ccc(O)cc42)[C@@H]3C1.Cc1ccc2c(c1)[C@@]13CCN(C(=O)C(C)C)C[C@H]1[C@@H](C2)N(C)CC3.Cc1ccc2c(c1)[C@@]13CCN(C(=O)C4CC4)C[C@H]1[C@@H](C2)N(C)CC3.Cc1ccc2c(c1)[C@@]13CCN(C(=O)Nc4ccccc4)C[C@H]1[C@@H](C2)N(C)CC3.Cc1ccc2c(c1)[C@@]13CCN(C)C[C@H]1[C@@H](C2)N(C)CC3. The van der Waals surface area contributed by atoms with Crippen molar-refractivity contribution < 1.29 is 19.5 Å². The zero-order valence-electron chi connectivity index (χ0n) is 88.4. The third-order valence-corrected chi connectivity index (χ3v) is 41.7. The standard InChI is InChI=1S/C24H29N3O.C21H28N2O.C21H30N2O.C20H28N2.C18H25N3OS.C18H26N2/c1-17-8-9-18-15-22-21-16-27(23(28)25-19-6-4-3-5-7-19)13-11-24(21,20(18)14-17)10-12-26(22)2;1-14-3-4-16-12-19-18-13-23(20(24)15-5-6-15)10-8-21(18,17(16)11-14)7-9-22(19)2;1-14(2)20(24)23-10-8-21-7-9-22(4)19(18(21)13-23)12-16-6-5-15(3)11-17(16)21;1-14(2)22-10-8-20-7-9-21(4)19(18(20)13-22)12-16-6-5-15(3)11-17(16)20;1-19-17(23)21-8-6-18-5-7-20(2)16(15(18)11-21)9-12-3-4-13(22)10-14(12)18;1-13-4-5-14-11-17-16-12-19(2)8-6-18(16,15(14)10-13)7-9-20(17)3/h3-9,14,21-22H,10-13,15-16H2,1-2H3,(H,25,28);3-4,11,15,18-19H,5-10,12-13H2,1-2H3;5-6,11,14,18-19H,7-10,12-13H2,1-4H3;5-6,11,18-19H,1,7-10,12-13H2,2-4H3;3-4,10,15-16,22H,5-9,11H2,1-2H3,(H,19,23);4-5,10,16-17H,6-9,11-12H2,1-3H3/t21-,22+,24+;2*18-,19+,21+;18-,19+,20+;15-,16+,18+;16-,17+,18-/m000000/s1. The number of para-hydroxylation sites is 1. The molecule has 0 radical (unpaired) electrons. The normalized spacial score (nSPS) is 33.3. The van der Waals surface area contributed by atoms with Crippen molar-refractivity contribution >= 4 is 40.9 Å². The number of phenolic OH excluding ortho intramolecular Hbond substituents is 1. The largest absolute Gasteiger partial charge is 0.508 e. The lowest BCUT2D eigenvalue weighted by molar-refractivity contribution is -0.140. The van der Waals surface area contributed by atoms with E-state index in [0.29, 0.717) is 99.0 Å². The van der Waals surface area contributed by atoms with Crippen molar-refractivity contribution in [1.29, 1.82) is 0 Å². The number of fused-ring (bicyclic) bond motifs is 6. The summed E-state index contributed by atoms with van der Waals surface area (Å²) in [7, 11) is 18.0. The summed E-state index contributed by atoms with van der Waals surface area (Å²) in [5.41, 5.74) is 30.0. The Morgan fingerprint density at radius 3 is 0.993 bits per heavy atom. The van der Waals surface area contributed by atoms with E-state index >= 15 is 0 Å². The number of thiocarbonyl (C=S) groups is 1. The molecule has 12 saturated heterocycles. The van der Waals surface area contributed by atoms with Gasteiger partial charge in [-0.1, -0.05) is 164 Å². The van der Waals surface area contributed by atoms with E-state index in [2.05, 4.69) is 259 Å². The summed E-state index contributed by atoms with van der Waals surface area (Å²) in [6.07, 6.45) is 23.9. The minimum absolute atomic E-state index is 0.0387. The number of nitrogens with one attached hydrogen (secondary N) is 2. The molecule has 0 spiro atoms. The molecule has 4 amide bonds. The number of carbonyl (C=O) groups excluding carboxylic acids is 3. The van der Waals surface area contributed by atoms with Crippen molar-refractivity contribution in [3.05, 3.63) is 246 Å². The first-order valence-electron chi connectivity index (χ1n) is 55.0. The van der Waals surface area contributed by atoms with Gasteiger partial charge in [-0.2, -0.15) is 0 Å². The molecule has 3 N–H and O–H groups in total. The molecule has 754 valence electrons. The van der Waals surface area contributed by atoms with Crippen LogP contribution in [0.4, 0.5) is 10.5 Å². The summed E-state index contributed by atoms with van der Waals surface area (Å²) in [6.45, 7) is 41.2. The molecule has 0 aromatic heterocycles. The fraction of sp³-hybridized carbons (Fsp3) is 0.607. The van der Waals surface area contributed by atoms with Gasteiger partial charge in [-0.05, 0) is 374 Å². The minimum Gasteiger partial charge on any atom is -0.508 e. The van der Waals surface area contributed by atoms with E-state index < -0.39 is 0 Å². The van der Waals surface area contributed by atoms with Gasteiger partial charge in [-0.15, -0.1) is 0 Å². The highest BCUT2D eigenvalue weighted by atomic mass is 32.1. The topological polar surface area (TPSA) is 134 Å². The molecule has 12 aliphatic heterocycles. The van der Waals surface area contributed by atoms with Gasteiger partial charge in [-0.25, -0.2) is 4.79 Å². The zero-order chi connectivity index (χ0) is 98.4. The molecule has 18 atom stereocenters. The number of phenols is 1. The van der Waals surface area contributed by atoms with Crippen LogP contribution in [0.1, 0.15) is 205 Å². The maximum absolute atomic E-state index is 12.9. The van der Waals surface area contributed by atoms with Gasteiger partial charge in [0.25, 0.3) is 0 Å². The third kappa shape index (κ3) is 17.5. The average molecular weight is 1920 g/mol. The highest BCUT2D eigenvalue weighted by molar-refractivity contribution is 7.80. The number of carbonyl (C=O) groups is 3. The van der Waals surface area contributed by atoms with Crippen molar-refractivity contribution in [2.24, 2.45) is 47.3 Å². The molecular formula is C122H166N14O4S. The van der Waals surface area contributed by atoms with E-state index in [-0.39, 0.29) is 22.8 Å². The van der Waals surface area contributed by atoms with E-state index in [1.807, 2.05) is 68.3 Å². The molecule has 7 aromatic rings. The van der Waals surface area contributed by atoms with Gasteiger partial charge in [0, 0.05) is 201 Å². The molecular weight excluding hydrogens is 1760 g/mol. The molecule has 7 aromatic carbocycles. The number of anilines is 1. The fourth-order valence-corrected chi connectivity index (χ4v) is 33.1. The predicted molar refractivity (Wildman–Crippen MR) is 576 cm³/mol. The lowest BCUT2D eigenvalue weighted by Gasteiger charge is -2.60. The van der Waals surface area contributed by atoms with E-state index in [9.17, 15) is 19.5 Å². The highest BCUT2D eigenvalue weighted by Gasteiger charge is 2.62. The number of hydrogen-bond acceptors (Lipinski definition) is 13. The van der Waals surface area contributed by atoms with E-state index in [4.69, 9.17) is 12.2 Å². The first kappa shape index (κ1) is 98.5. The Bertz CT molecular complexity index is 5770. The summed E-state index contributed by atoms with van der Waals surface area (Å²) >= 11 is 5.49. The maximum Gasteiger partial charge on any atom is 0.321 e. The second-order valence-electron chi connectivity index (χ2n) is 48.9. The van der Waals surface area contributed by atoms with Crippen molar-refractivity contribution in [3.63, 3.8) is 0 Å². The number of allylic oxidation sites excluding steroid dienone is 1. The van der Waals surface area contributed by atoms with Gasteiger partial charge < -0.3 is 74.5 Å². The molecule has 141 heavy (non-hydrogen) atoms. The molecule has 19 aliphatic rings. The van der Waals surface area contributed by atoms with Crippen molar-refractivity contribution in [2.45, 2.75) is 253 Å². The van der Waals surface area contributed by atoms with Crippen molar-refractivity contribution in [3.8, 4) is 5.75 Å². The van der Waals surface area contributed by atoms with Gasteiger partial charge in [0.2, 0.25) is 11.8 Å². The smallest absolute Gasteiger partial charge is 0.321 e. The first-order chi connectivity index (χ1) is 67.7. The maximum atomic E-state index is 12.9. The van der Waals surface area contributed by atoms with Crippen LogP contribution in [0.15, 0.2) is 152 Å². The van der Waals surface area contributed by atoms with Crippen LogP contribution in [0.25, 0.3) is 0 Å². The molecule has 12 heterocycles. The molecule has 26 rings (SSSR count). The number of nitrogens with zero attached hydrogens (tertiary/aromatic N) is 12. The number of urea groups is 1. The number of likely N-dealkylation sites (N-methyl/N-ethyl adjacent to an activating group) is 6. The van der Waals surface area contributed by atoms with Crippen LogP contribution in [-0.2, 0) is 80.6 Å². The van der Waals surface area contributed by atoms with Gasteiger partial charge in [-0.3, -0.25) is 9.59 Å². The minimum atomic E-state index is 0.0387. The van der Waals surface area contributed by atoms with Crippen LogP contribution in [0, 0.1) is 82.0 Å². The Hall–Kier alpha value is -8.50. The van der Waals surface area contributed by atoms with Crippen molar-refractivity contribution in [2.75, 3.05) is 180 Å². The number of aromatic hydroxyl groups is 1. The highest BCUT2D eigenvalue weighted by Crippen LogP contribution is 2.61. The molecule has 13 fully saturated rings. The Labute approximate surface area is 850 Å². The predicted octanol–water partition coefficient (Wildman–Crippen LogP) is 17.3. The summed E-state index contributed by atoms with van der Waals surface area (Å²) in [5, 5.41) is 17.1. The lowest BCUT2D eigenvalue weighted by atomic mass is 9.54. The lowest BCUT2D eigenvalue weighted by Crippen LogP contribution is -2.65. The quantitative estimate of drug-likeness (QED) is 0.144. The van der Waals surface area contributed by atoms with Crippen LogP contribution >= 0.6 is 12.2 Å². The summed E-state index contributed by atoms with van der Waals surface area (Å²) in [4.78, 5) is 67.4. The summed E-state index contributed by atoms with van der Waals surface area (Å²) in [5.74, 6) is 5.52. The molecule has 0 unspecified atom stereocenters. The molecule has 1 saturated carbocycles. The molecule has 18 nitrogen and oxygen atoms in total. The van der Waals surface area contributed by atoms with Gasteiger partial charge >= 0.3 is 6.03 Å². The van der Waals surface area contributed by atoms with E-state index in [1.54, 1.807) is 50.1 Å². The average Bonchev–Trinajstić information content (AvgIpc) is 1.17. The molecule has 12 bridgehead atoms. The van der Waals surface area contributed by atoms with Gasteiger partial charge in [0.1, 0.15) is 5.75 Å². The zero-order valence-corrected chi connectivity index (χ0v) is 89.2. The first-order valence-corrected chi connectivity index (χ1v) is 55.4. The fourth-order valence-electron chi connectivity index (χ4n) is 33.0. The second kappa shape index (κ2) is 38.7. The monoisotopic (exact) mass is 1920 g/mol. The van der Waals surface area contributed by atoms with Crippen LogP contribution in [0.3, 0.4) is 0 Å². The van der Waals surface area contributed by atoms with Crippen LogP contribution in [0.5, 0.6) is 5.75 Å². The number of benzene rings is 7. The second-order valence-corrected chi connectivity index (χ2v) is 49.3. The van der Waals surface area contributed by atoms with Crippen molar-refractivity contribution in [1.82, 2.24) is 64.1 Å². The Kier molecular flexibility index (Phi) is 27.1. The number of piperidine rings is 12. The van der Waals surface area contributed by atoms with E-state index in [0.717, 1.165) is 158 Å². The number of rotatable bonds is 4. The molecule has 7 aliphatic carbocycles. The Morgan fingerprint density at radius 2 is 0.645 bits per heavy atom. The van der Waals surface area contributed by atoms with Crippen LogP contribution < -0.4 is 10.6 Å². The third-order valence-electron chi connectivity index (χ3n) is 41.2. The van der Waals surface area contributed by atoms with E-state index in [1.165, 1.54) is 167 Å². The van der Waals surface area contributed by atoms with Crippen LogP contribution in [0.2, 0.25) is 0 Å².